The maximum atomic E-state index is 13.6. The normalized spacial score (nSPS) is 38.4. The Bertz CT molecular complexity index is 1100. The molecule has 1 aromatic rings. The van der Waals surface area contributed by atoms with Crippen molar-refractivity contribution in [1.82, 2.24) is 0 Å². The molecule has 3 fully saturated rings. The van der Waals surface area contributed by atoms with Crippen molar-refractivity contribution < 1.29 is 18.6 Å². The first kappa shape index (κ1) is 28.4. The Labute approximate surface area is 231 Å². The van der Waals surface area contributed by atoms with E-state index < -0.39 is 26.8 Å². The van der Waals surface area contributed by atoms with Crippen LogP contribution in [-0.2, 0) is 9.84 Å². The SMILES string of the molecule is CCC(O)CC(CCC1CCC2C3CC=C4C[C@](O)(CC)CC[C@@H]4C3CCC12C)S(=O)(=O)c1ccccc1. The van der Waals surface area contributed by atoms with Crippen molar-refractivity contribution in [2.24, 2.45) is 35.0 Å². The Morgan fingerprint density at radius 3 is 2.50 bits per heavy atom. The fourth-order valence-corrected chi connectivity index (χ4v) is 11.2. The number of sulfone groups is 1. The quantitative estimate of drug-likeness (QED) is 0.326. The molecular weight excluding hydrogens is 492 g/mol. The molecule has 7 unspecified atom stereocenters. The van der Waals surface area contributed by atoms with Gasteiger partial charge in [0.05, 0.1) is 21.9 Å². The van der Waals surface area contributed by atoms with Gasteiger partial charge in [0.25, 0.3) is 0 Å². The number of aliphatic hydroxyl groups is 2. The first-order chi connectivity index (χ1) is 18.1. The Balaban J connectivity index is 1.30. The molecule has 0 bridgehead atoms. The second-order valence-corrected chi connectivity index (χ2v) is 15.8. The number of hydrogen-bond donors (Lipinski definition) is 2. The third kappa shape index (κ3) is 5.17. The monoisotopic (exact) mass is 542 g/mol. The highest BCUT2D eigenvalue weighted by Crippen LogP contribution is 2.64. The molecule has 0 spiro atoms. The number of rotatable bonds is 9. The summed E-state index contributed by atoms with van der Waals surface area (Å²) in [5.74, 6) is 3.45. The molecule has 0 heterocycles. The van der Waals surface area contributed by atoms with Crippen molar-refractivity contribution in [1.29, 1.82) is 0 Å². The molecule has 0 saturated heterocycles. The van der Waals surface area contributed by atoms with Crippen LogP contribution in [0.2, 0.25) is 0 Å². The third-order valence-electron chi connectivity index (χ3n) is 11.8. The zero-order valence-electron chi connectivity index (χ0n) is 23.8. The van der Waals surface area contributed by atoms with E-state index in [1.165, 1.54) is 25.7 Å². The van der Waals surface area contributed by atoms with Crippen LogP contribution in [0, 0.1) is 35.0 Å². The molecular formula is C33H50O4S. The lowest BCUT2D eigenvalue weighted by Gasteiger charge is -2.54. The molecule has 0 radical (unpaired) electrons. The molecule has 0 aliphatic heterocycles. The molecule has 4 aliphatic rings. The number of fused-ring (bicyclic) bond motifs is 5. The van der Waals surface area contributed by atoms with Gasteiger partial charge in [-0.25, -0.2) is 8.42 Å². The highest BCUT2D eigenvalue weighted by Gasteiger charge is 2.56. The van der Waals surface area contributed by atoms with Crippen molar-refractivity contribution in [3.8, 4) is 0 Å². The lowest BCUT2D eigenvalue weighted by Crippen LogP contribution is -2.47. The molecule has 5 heteroatoms. The van der Waals surface area contributed by atoms with Crippen LogP contribution < -0.4 is 0 Å². The van der Waals surface area contributed by atoms with Gasteiger partial charge >= 0.3 is 0 Å². The number of hydrogen-bond acceptors (Lipinski definition) is 4. The highest BCUT2D eigenvalue weighted by atomic mass is 32.2. The van der Waals surface area contributed by atoms with Gasteiger partial charge in [0.2, 0.25) is 0 Å². The van der Waals surface area contributed by atoms with Crippen molar-refractivity contribution in [2.75, 3.05) is 0 Å². The van der Waals surface area contributed by atoms with Crippen LogP contribution in [0.1, 0.15) is 104 Å². The summed E-state index contributed by atoms with van der Waals surface area (Å²) in [7, 11) is -3.48. The maximum absolute atomic E-state index is 13.6. The van der Waals surface area contributed by atoms with E-state index in [1.54, 1.807) is 29.8 Å². The Hall–Kier alpha value is -1.17. The molecule has 212 valence electrons. The second-order valence-electron chi connectivity index (χ2n) is 13.5. The standard InChI is InChI=1S/C33H50O4S/c1-4-25(34)21-27(38(36,37)26-9-7-6-8-10-26)14-12-24-13-16-31-30-15-11-23-22-33(35,5-2)20-18-28(23)29(30)17-19-32(24,31)3/h6-11,24-25,27-31,34-35H,4-5,12-22H2,1-3H3/t24?,25?,27?,28-,29?,30?,31?,32?,33-/m0/s1. The van der Waals surface area contributed by atoms with Gasteiger partial charge in [0.1, 0.15) is 0 Å². The second kappa shape index (κ2) is 11.0. The average molecular weight is 543 g/mol. The minimum atomic E-state index is -3.48. The van der Waals surface area contributed by atoms with E-state index >= 15 is 0 Å². The molecule has 0 amide bonds. The average Bonchev–Trinajstić information content (AvgIpc) is 3.27. The van der Waals surface area contributed by atoms with Gasteiger partial charge in [0.15, 0.2) is 9.84 Å². The summed E-state index contributed by atoms with van der Waals surface area (Å²) in [5, 5.41) is 20.9. The zero-order valence-corrected chi connectivity index (χ0v) is 24.6. The summed E-state index contributed by atoms with van der Waals surface area (Å²) >= 11 is 0. The number of allylic oxidation sites excluding steroid dienone is 1. The van der Waals surface area contributed by atoms with E-state index in [1.807, 2.05) is 13.0 Å². The van der Waals surface area contributed by atoms with Crippen LogP contribution in [0.4, 0.5) is 0 Å². The molecule has 5 rings (SSSR count). The van der Waals surface area contributed by atoms with Crippen molar-refractivity contribution >= 4 is 9.84 Å². The zero-order chi connectivity index (χ0) is 27.1. The lowest BCUT2D eigenvalue weighted by molar-refractivity contribution is -0.0407. The summed E-state index contributed by atoms with van der Waals surface area (Å²) < 4.78 is 27.2. The minimum Gasteiger partial charge on any atom is -0.393 e. The van der Waals surface area contributed by atoms with Gasteiger partial charge in [-0.1, -0.05) is 50.6 Å². The fraction of sp³-hybridized carbons (Fsp3) is 0.758. The summed E-state index contributed by atoms with van der Waals surface area (Å²) in [5.41, 5.74) is 1.35. The minimum absolute atomic E-state index is 0.287. The van der Waals surface area contributed by atoms with Gasteiger partial charge in [0, 0.05) is 0 Å². The van der Waals surface area contributed by atoms with Crippen molar-refractivity contribution in [3.63, 3.8) is 0 Å². The van der Waals surface area contributed by atoms with Crippen LogP contribution in [0.25, 0.3) is 0 Å². The number of benzene rings is 1. The predicted molar refractivity (Wildman–Crippen MR) is 153 cm³/mol. The summed E-state index contributed by atoms with van der Waals surface area (Å²) in [4.78, 5) is 0.386. The van der Waals surface area contributed by atoms with Gasteiger partial charge in [-0.3, -0.25) is 0 Å². The third-order valence-corrected chi connectivity index (χ3v) is 14.0. The van der Waals surface area contributed by atoms with Crippen LogP contribution in [0.3, 0.4) is 0 Å². The topological polar surface area (TPSA) is 74.6 Å². The van der Waals surface area contributed by atoms with Crippen LogP contribution >= 0.6 is 0 Å². The summed E-state index contributed by atoms with van der Waals surface area (Å²) in [6.07, 6.45) is 14.4. The lowest BCUT2D eigenvalue weighted by atomic mass is 9.51. The largest absolute Gasteiger partial charge is 0.393 e. The van der Waals surface area contributed by atoms with Crippen LogP contribution in [-0.4, -0.2) is 35.6 Å². The number of aliphatic hydroxyl groups excluding tert-OH is 1. The highest BCUT2D eigenvalue weighted by molar-refractivity contribution is 7.92. The fourth-order valence-electron chi connectivity index (χ4n) is 9.31. The Morgan fingerprint density at radius 2 is 1.79 bits per heavy atom. The maximum Gasteiger partial charge on any atom is 0.181 e. The van der Waals surface area contributed by atoms with Crippen molar-refractivity contribution in [2.45, 2.75) is 126 Å². The molecule has 2 N–H and O–H groups in total. The molecule has 1 aromatic carbocycles. The van der Waals surface area contributed by atoms with Crippen molar-refractivity contribution in [3.05, 3.63) is 42.0 Å². The van der Waals surface area contributed by atoms with E-state index in [2.05, 4.69) is 19.9 Å². The van der Waals surface area contributed by atoms with Gasteiger partial charge in [-0.2, -0.15) is 0 Å². The molecule has 4 aliphatic carbocycles. The van der Waals surface area contributed by atoms with E-state index in [-0.39, 0.29) is 5.41 Å². The van der Waals surface area contributed by atoms with E-state index in [4.69, 9.17) is 0 Å². The Kier molecular flexibility index (Phi) is 8.22. The van der Waals surface area contributed by atoms with Crippen LogP contribution in [0.5, 0.6) is 0 Å². The van der Waals surface area contributed by atoms with E-state index in [9.17, 15) is 18.6 Å². The van der Waals surface area contributed by atoms with Gasteiger partial charge in [-0.15, -0.1) is 0 Å². The molecule has 3 saturated carbocycles. The first-order valence-corrected chi connectivity index (χ1v) is 17.0. The van der Waals surface area contributed by atoms with Gasteiger partial charge < -0.3 is 10.2 Å². The smallest absolute Gasteiger partial charge is 0.181 e. The van der Waals surface area contributed by atoms with E-state index in [0.29, 0.717) is 36.0 Å². The first-order valence-electron chi connectivity index (χ1n) is 15.5. The Morgan fingerprint density at radius 1 is 1.03 bits per heavy atom. The molecule has 9 atom stereocenters. The molecule has 4 nitrogen and oxygen atoms in total. The molecule has 0 aromatic heterocycles. The summed E-state index contributed by atoms with van der Waals surface area (Å²) in [6.45, 7) is 6.57. The predicted octanol–water partition coefficient (Wildman–Crippen LogP) is 7.10. The van der Waals surface area contributed by atoms with E-state index in [0.717, 1.165) is 56.3 Å². The summed E-state index contributed by atoms with van der Waals surface area (Å²) in [6, 6.07) is 8.84. The van der Waals surface area contributed by atoms with Gasteiger partial charge in [-0.05, 0) is 131 Å². The van der Waals surface area contributed by atoms with Crippen LogP contribution in [0.15, 0.2) is 46.9 Å². The molecule has 38 heavy (non-hydrogen) atoms.